The third-order valence-corrected chi connectivity index (χ3v) is 1.38. The van der Waals surface area contributed by atoms with Crippen LogP contribution in [0.4, 0.5) is 0 Å². The van der Waals surface area contributed by atoms with Gasteiger partial charge in [-0.1, -0.05) is 0 Å². The second-order valence-corrected chi connectivity index (χ2v) is 2.36. The fourth-order valence-corrected chi connectivity index (χ4v) is 0.679. The van der Waals surface area contributed by atoms with Crippen molar-refractivity contribution in [1.29, 1.82) is 0 Å². The first-order valence-corrected chi connectivity index (χ1v) is 3.56. The molecule has 0 aliphatic heterocycles. The summed E-state index contributed by atoms with van der Waals surface area (Å²) < 4.78 is 4.42. The van der Waals surface area contributed by atoms with Crippen molar-refractivity contribution >= 4 is 12.3 Å². The molecule has 0 aliphatic carbocycles. The van der Waals surface area contributed by atoms with Crippen molar-refractivity contribution in [2.24, 2.45) is 0 Å². The summed E-state index contributed by atoms with van der Waals surface area (Å²) in [6, 6.07) is -0.195. The summed E-state index contributed by atoms with van der Waals surface area (Å²) in [6.45, 7) is 0. The first-order valence-electron chi connectivity index (χ1n) is 3.56. The Balaban J connectivity index is 3.26. The van der Waals surface area contributed by atoms with E-state index in [0.29, 0.717) is 19.3 Å². The molecule has 0 spiro atoms. The van der Waals surface area contributed by atoms with Crippen molar-refractivity contribution in [1.82, 2.24) is 0 Å². The van der Waals surface area contributed by atoms with Gasteiger partial charge >= 0.3 is 5.97 Å². The molecule has 0 aromatic carbocycles. The van der Waals surface area contributed by atoms with E-state index in [-0.39, 0.29) is 12.0 Å². The molecule has 3 N–H and O–H groups in total. The van der Waals surface area contributed by atoms with Crippen LogP contribution in [0.1, 0.15) is 19.3 Å². The number of ether oxygens (including phenoxy) is 1. The Morgan fingerprint density at radius 3 is 2.82 bits per heavy atom. The summed E-state index contributed by atoms with van der Waals surface area (Å²) in [4.78, 5) is 20.6. The number of rotatable bonds is 5. The summed E-state index contributed by atoms with van der Waals surface area (Å²) in [5, 5.41) is 0. The molecule has 0 unspecified atom stereocenters. The quantitative estimate of drug-likeness (QED) is 0.420. The number of carbonyl (C=O) groups is 2. The molecule has 0 aliphatic rings. The van der Waals surface area contributed by atoms with Gasteiger partial charge in [0.15, 0.2) is 6.29 Å². The Labute approximate surface area is 65.7 Å². The van der Waals surface area contributed by atoms with Gasteiger partial charge in [-0.25, -0.2) is 0 Å². The SMILES string of the molecule is COC(=O)CCC[C@H]([NH3+])C=O. The van der Waals surface area contributed by atoms with Crippen molar-refractivity contribution in [3.63, 3.8) is 0 Å². The molecular formula is C7H14NO3+. The fourth-order valence-electron chi connectivity index (χ4n) is 0.679. The van der Waals surface area contributed by atoms with E-state index < -0.39 is 0 Å². The minimum absolute atomic E-state index is 0.195. The Bertz CT molecular complexity index is 136. The molecular weight excluding hydrogens is 146 g/mol. The minimum atomic E-state index is -0.233. The standard InChI is InChI=1S/C7H13NO3/c1-11-7(10)4-2-3-6(8)5-9/h5-6H,2-4,8H2,1H3/p+1/t6-/m0/s1. The van der Waals surface area contributed by atoms with Gasteiger partial charge in [-0.05, 0) is 6.42 Å². The van der Waals surface area contributed by atoms with Crippen molar-refractivity contribution in [3.8, 4) is 0 Å². The van der Waals surface area contributed by atoms with Gasteiger partial charge in [-0.15, -0.1) is 0 Å². The third kappa shape index (κ3) is 5.54. The van der Waals surface area contributed by atoms with Crippen LogP contribution in [-0.2, 0) is 14.3 Å². The lowest BCUT2D eigenvalue weighted by atomic mass is 10.1. The van der Waals surface area contributed by atoms with Gasteiger partial charge < -0.3 is 10.5 Å². The van der Waals surface area contributed by atoms with E-state index in [1.54, 1.807) is 0 Å². The first kappa shape index (κ1) is 10.1. The monoisotopic (exact) mass is 160 g/mol. The fraction of sp³-hybridized carbons (Fsp3) is 0.714. The smallest absolute Gasteiger partial charge is 0.305 e. The van der Waals surface area contributed by atoms with Crippen molar-refractivity contribution in [2.45, 2.75) is 25.3 Å². The molecule has 0 heterocycles. The number of aldehydes is 1. The van der Waals surface area contributed by atoms with Crippen LogP contribution in [0, 0.1) is 0 Å². The lowest BCUT2D eigenvalue weighted by Crippen LogP contribution is -2.61. The second kappa shape index (κ2) is 5.85. The molecule has 4 heteroatoms. The molecule has 11 heavy (non-hydrogen) atoms. The maximum absolute atomic E-state index is 10.6. The molecule has 0 rings (SSSR count). The summed E-state index contributed by atoms with van der Waals surface area (Å²) in [5.74, 6) is -0.233. The molecule has 0 fully saturated rings. The predicted octanol–water partition coefficient (Wildman–Crippen LogP) is -0.861. The van der Waals surface area contributed by atoms with E-state index in [0.717, 1.165) is 6.29 Å². The number of hydrogen-bond donors (Lipinski definition) is 1. The molecule has 64 valence electrons. The van der Waals surface area contributed by atoms with Crippen molar-refractivity contribution in [2.75, 3.05) is 7.11 Å². The zero-order valence-corrected chi connectivity index (χ0v) is 6.71. The molecule has 0 bridgehead atoms. The maximum Gasteiger partial charge on any atom is 0.305 e. The first-order chi connectivity index (χ1) is 5.20. The average Bonchev–Trinajstić information content (AvgIpc) is 2.04. The zero-order chi connectivity index (χ0) is 8.69. The third-order valence-electron chi connectivity index (χ3n) is 1.38. The molecule has 0 aromatic rings. The van der Waals surface area contributed by atoms with Gasteiger partial charge in [0.2, 0.25) is 0 Å². The van der Waals surface area contributed by atoms with Crippen LogP contribution >= 0.6 is 0 Å². The normalized spacial score (nSPS) is 12.2. The summed E-state index contributed by atoms with van der Waals surface area (Å²) >= 11 is 0. The molecule has 0 saturated carbocycles. The summed E-state index contributed by atoms with van der Waals surface area (Å²) in [7, 11) is 1.35. The Kier molecular flexibility index (Phi) is 5.37. The van der Waals surface area contributed by atoms with Gasteiger partial charge in [0.25, 0.3) is 0 Å². The Morgan fingerprint density at radius 2 is 2.36 bits per heavy atom. The van der Waals surface area contributed by atoms with Gasteiger partial charge in [-0.3, -0.25) is 9.59 Å². The number of carbonyl (C=O) groups excluding carboxylic acids is 2. The number of hydrogen-bond acceptors (Lipinski definition) is 3. The largest absolute Gasteiger partial charge is 0.469 e. The topological polar surface area (TPSA) is 71.0 Å². The maximum atomic E-state index is 10.6. The molecule has 4 nitrogen and oxygen atoms in total. The minimum Gasteiger partial charge on any atom is -0.469 e. The lowest BCUT2D eigenvalue weighted by molar-refractivity contribution is -0.401. The Morgan fingerprint density at radius 1 is 1.73 bits per heavy atom. The highest BCUT2D eigenvalue weighted by Crippen LogP contribution is 1.97. The van der Waals surface area contributed by atoms with Gasteiger partial charge in [0.05, 0.1) is 7.11 Å². The van der Waals surface area contributed by atoms with Crippen LogP contribution in [0.15, 0.2) is 0 Å². The number of esters is 1. The molecule has 0 amide bonds. The summed E-state index contributed by atoms with van der Waals surface area (Å²) in [6.07, 6.45) is 2.48. The highest BCUT2D eigenvalue weighted by molar-refractivity contribution is 5.69. The predicted molar refractivity (Wildman–Crippen MR) is 38.6 cm³/mol. The lowest BCUT2D eigenvalue weighted by Gasteiger charge is -1.99. The van der Waals surface area contributed by atoms with Crippen LogP contribution in [0.5, 0.6) is 0 Å². The highest BCUT2D eigenvalue weighted by atomic mass is 16.5. The van der Waals surface area contributed by atoms with Gasteiger partial charge in [0.1, 0.15) is 6.04 Å². The molecule has 0 radical (unpaired) electrons. The second-order valence-electron chi connectivity index (χ2n) is 2.36. The average molecular weight is 160 g/mol. The van der Waals surface area contributed by atoms with Crippen molar-refractivity contribution < 1.29 is 20.1 Å². The van der Waals surface area contributed by atoms with Crippen LogP contribution in [0.25, 0.3) is 0 Å². The molecule has 0 aromatic heterocycles. The highest BCUT2D eigenvalue weighted by Gasteiger charge is 2.05. The summed E-state index contributed by atoms with van der Waals surface area (Å²) in [5.41, 5.74) is 3.56. The number of quaternary nitrogens is 1. The number of methoxy groups -OCH3 is 1. The van der Waals surface area contributed by atoms with Crippen molar-refractivity contribution in [3.05, 3.63) is 0 Å². The van der Waals surface area contributed by atoms with E-state index in [9.17, 15) is 9.59 Å². The van der Waals surface area contributed by atoms with E-state index in [1.807, 2.05) is 0 Å². The van der Waals surface area contributed by atoms with Crippen LogP contribution < -0.4 is 5.73 Å². The van der Waals surface area contributed by atoms with Crippen LogP contribution in [0.3, 0.4) is 0 Å². The molecule has 1 atom stereocenters. The van der Waals surface area contributed by atoms with Gasteiger partial charge in [-0.2, -0.15) is 0 Å². The van der Waals surface area contributed by atoms with Gasteiger partial charge in [0, 0.05) is 12.8 Å². The van der Waals surface area contributed by atoms with E-state index >= 15 is 0 Å². The molecule has 0 saturated heterocycles. The van der Waals surface area contributed by atoms with Crippen LogP contribution in [-0.4, -0.2) is 25.4 Å². The van der Waals surface area contributed by atoms with E-state index in [2.05, 4.69) is 10.5 Å². The Hall–Kier alpha value is -0.900. The van der Waals surface area contributed by atoms with E-state index in [1.165, 1.54) is 7.11 Å². The van der Waals surface area contributed by atoms with Crippen LogP contribution in [0.2, 0.25) is 0 Å². The van der Waals surface area contributed by atoms with E-state index in [4.69, 9.17) is 0 Å². The zero-order valence-electron chi connectivity index (χ0n) is 6.71.